The fourth-order valence-corrected chi connectivity index (χ4v) is 10.2. The Bertz CT molecular complexity index is 2340. The number of rotatable bonds is 13. The largest absolute Gasteiger partial charge is 0.497 e. The van der Waals surface area contributed by atoms with Gasteiger partial charge in [0.15, 0.2) is 0 Å². The number of thiophene rings is 1. The van der Waals surface area contributed by atoms with Crippen LogP contribution in [-0.2, 0) is 29.2 Å². The molecule has 4 amide bonds. The van der Waals surface area contributed by atoms with Crippen LogP contribution in [0.5, 0.6) is 11.5 Å². The number of benzene rings is 2. The summed E-state index contributed by atoms with van der Waals surface area (Å²) in [6.07, 6.45) is 3.84. The lowest BCUT2D eigenvalue weighted by molar-refractivity contribution is -0.148. The van der Waals surface area contributed by atoms with Gasteiger partial charge in [0.1, 0.15) is 33.4 Å². The Morgan fingerprint density at radius 1 is 1.03 bits per heavy atom. The summed E-state index contributed by atoms with van der Waals surface area (Å²) in [5.74, 6) is -2.23. The standard InChI is InChI=1S/C44H51N5O8S2/c1-6-29-26-44(29,42(53)47-59(54,55)39-16-13-21-58-39)46-40(51)36-23-31(27-49(36)41(52)33(43(2,3)4)24-38(50)48-19-11-8-12-20-48)57-37-25-34(28-14-9-7-10-15-28)45-35-22-30(56-5)17-18-32(35)37/h6-7,9-10,13-18,21-22,25,29,31,33,36H,1,8,11-12,19-20,23-24,26-27H2,2-5H3,(H,46,51)(H,47,53)/t29-,31+,33+,36-,44+/m0/s1. The highest BCUT2D eigenvalue weighted by atomic mass is 32.2. The van der Waals surface area contributed by atoms with E-state index in [4.69, 9.17) is 14.5 Å². The summed E-state index contributed by atoms with van der Waals surface area (Å²) in [7, 11) is -2.63. The highest BCUT2D eigenvalue weighted by molar-refractivity contribution is 7.92. The molecule has 13 nitrogen and oxygen atoms in total. The van der Waals surface area contributed by atoms with Gasteiger partial charge in [0.25, 0.3) is 15.9 Å². The Hall–Kier alpha value is -5.28. The van der Waals surface area contributed by atoms with Crippen LogP contribution in [-0.4, -0.2) is 91.3 Å². The molecule has 3 fully saturated rings. The van der Waals surface area contributed by atoms with Crippen molar-refractivity contribution in [2.75, 3.05) is 26.7 Å². The number of nitrogens with zero attached hydrogens (tertiary/aromatic N) is 3. The van der Waals surface area contributed by atoms with E-state index in [0.29, 0.717) is 41.2 Å². The van der Waals surface area contributed by atoms with Crippen LogP contribution in [0.3, 0.4) is 0 Å². The number of ether oxygens (including phenoxy) is 2. The SMILES string of the molecule is C=C[C@H]1C[C@]1(NC(=O)[C@@H]1C[C@@H](Oc2cc(-c3ccccc3)nc3cc(OC)ccc23)CN1C(=O)[C@@H](CC(=O)N1CCCCC1)C(C)(C)C)C(=O)NS(=O)(=O)c1cccs1. The molecule has 1 saturated carbocycles. The number of pyridine rings is 1. The lowest BCUT2D eigenvalue weighted by atomic mass is 9.77. The van der Waals surface area contributed by atoms with Gasteiger partial charge in [0, 0.05) is 54.9 Å². The molecule has 312 valence electrons. The van der Waals surface area contributed by atoms with Crippen LogP contribution in [0.1, 0.15) is 59.3 Å². The molecule has 1 aliphatic carbocycles. The summed E-state index contributed by atoms with van der Waals surface area (Å²) < 4.78 is 40.6. The van der Waals surface area contributed by atoms with Crippen molar-refractivity contribution in [1.82, 2.24) is 24.8 Å². The highest BCUT2D eigenvalue weighted by Crippen LogP contribution is 2.46. The average molecular weight is 842 g/mol. The number of amides is 4. The van der Waals surface area contributed by atoms with Crippen LogP contribution in [0.2, 0.25) is 0 Å². The summed E-state index contributed by atoms with van der Waals surface area (Å²) in [4.78, 5) is 65.2. The first-order valence-electron chi connectivity index (χ1n) is 20.0. The number of carbonyl (C=O) groups is 4. The molecule has 2 aliphatic heterocycles. The van der Waals surface area contributed by atoms with E-state index in [1.165, 1.54) is 17.0 Å². The molecule has 5 atom stereocenters. The number of nitrogens with one attached hydrogen (secondary N) is 2. The maximum atomic E-state index is 14.9. The number of methoxy groups -OCH3 is 1. The summed E-state index contributed by atoms with van der Waals surface area (Å²) in [5, 5.41) is 5.14. The van der Waals surface area contributed by atoms with E-state index in [2.05, 4.69) is 16.6 Å². The molecule has 4 heterocycles. The molecule has 4 aromatic rings. The van der Waals surface area contributed by atoms with Gasteiger partial charge in [-0.2, -0.15) is 0 Å². The van der Waals surface area contributed by atoms with E-state index in [1.54, 1.807) is 18.6 Å². The fourth-order valence-electron chi connectivity index (χ4n) is 8.14. The molecule has 2 aromatic carbocycles. The second-order valence-corrected chi connectivity index (χ2v) is 19.5. The first-order valence-corrected chi connectivity index (χ1v) is 22.3. The van der Waals surface area contributed by atoms with Gasteiger partial charge in [-0.1, -0.05) is 63.2 Å². The van der Waals surface area contributed by atoms with Gasteiger partial charge in [-0.05, 0) is 54.7 Å². The van der Waals surface area contributed by atoms with E-state index in [9.17, 15) is 27.6 Å². The van der Waals surface area contributed by atoms with Crippen molar-refractivity contribution in [2.24, 2.45) is 17.3 Å². The summed E-state index contributed by atoms with van der Waals surface area (Å²) >= 11 is 0.962. The predicted molar refractivity (Wildman–Crippen MR) is 225 cm³/mol. The van der Waals surface area contributed by atoms with E-state index in [1.807, 2.05) is 80.3 Å². The zero-order chi connectivity index (χ0) is 42.1. The molecule has 2 N–H and O–H groups in total. The number of carbonyl (C=O) groups excluding carboxylic acids is 4. The molecule has 0 unspecified atom stereocenters. The third-order valence-electron chi connectivity index (χ3n) is 11.7. The van der Waals surface area contributed by atoms with Crippen molar-refractivity contribution in [1.29, 1.82) is 0 Å². The Morgan fingerprint density at radius 2 is 1.78 bits per heavy atom. The third-order valence-corrected chi connectivity index (χ3v) is 14.4. The minimum absolute atomic E-state index is 0.0128. The number of aromatic nitrogens is 1. The number of sulfonamides is 1. The normalized spacial score (nSPS) is 22.3. The summed E-state index contributed by atoms with van der Waals surface area (Å²) in [6.45, 7) is 10.8. The molecule has 7 rings (SSSR count). The number of piperidine rings is 1. The maximum Gasteiger partial charge on any atom is 0.273 e. The van der Waals surface area contributed by atoms with Gasteiger partial charge in [-0.15, -0.1) is 17.9 Å². The van der Waals surface area contributed by atoms with Gasteiger partial charge in [-0.25, -0.2) is 18.1 Å². The zero-order valence-corrected chi connectivity index (χ0v) is 35.4. The van der Waals surface area contributed by atoms with Crippen molar-refractivity contribution in [3.05, 3.63) is 84.8 Å². The van der Waals surface area contributed by atoms with Crippen LogP contribution < -0.4 is 19.5 Å². The molecule has 0 spiro atoms. The van der Waals surface area contributed by atoms with Gasteiger partial charge in [-0.3, -0.25) is 19.2 Å². The Morgan fingerprint density at radius 3 is 2.42 bits per heavy atom. The lowest BCUT2D eigenvalue weighted by Gasteiger charge is -2.36. The smallest absolute Gasteiger partial charge is 0.273 e. The van der Waals surface area contributed by atoms with E-state index in [0.717, 1.165) is 36.2 Å². The highest BCUT2D eigenvalue weighted by Gasteiger charge is 2.61. The number of likely N-dealkylation sites (tertiary alicyclic amines) is 2. The maximum absolute atomic E-state index is 14.9. The monoisotopic (exact) mass is 841 g/mol. The van der Waals surface area contributed by atoms with Gasteiger partial charge in [0.2, 0.25) is 17.7 Å². The quantitative estimate of drug-likeness (QED) is 0.155. The average Bonchev–Trinajstić information content (AvgIpc) is 3.51. The molecule has 2 aromatic heterocycles. The third kappa shape index (κ3) is 8.86. The molecule has 0 radical (unpaired) electrons. The number of hydrogen-bond acceptors (Lipinski definition) is 10. The lowest BCUT2D eigenvalue weighted by Crippen LogP contribution is -2.57. The summed E-state index contributed by atoms with van der Waals surface area (Å²) in [5.41, 5.74) is -0.121. The molecule has 3 aliphatic rings. The van der Waals surface area contributed by atoms with E-state index >= 15 is 0 Å². The minimum atomic E-state index is -4.21. The van der Waals surface area contributed by atoms with Gasteiger partial charge < -0.3 is 24.6 Å². The van der Waals surface area contributed by atoms with Crippen LogP contribution in [0.25, 0.3) is 22.2 Å². The van der Waals surface area contributed by atoms with Crippen LogP contribution in [0.15, 0.2) is 89.0 Å². The second kappa shape index (κ2) is 16.8. The second-order valence-electron chi connectivity index (χ2n) is 16.7. The van der Waals surface area contributed by atoms with Crippen LogP contribution in [0, 0.1) is 17.3 Å². The van der Waals surface area contributed by atoms with Crippen LogP contribution >= 0.6 is 11.3 Å². The van der Waals surface area contributed by atoms with Gasteiger partial charge in [0.05, 0.1) is 30.8 Å². The molecule has 0 bridgehead atoms. The molecular formula is C44H51N5O8S2. The summed E-state index contributed by atoms with van der Waals surface area (Å²) in [6, 6.07) is 18.8. The predicted octanol–water partition coefficient (Wildman–Crippen LogP) is 5.95. The van der Waals surface area contributed by atoms with E-state index < -0.39 is 56.8 Å². The van der Waals surface area contributed by atoms with Crippen molar-refractivity contribution in [3.63, 3.8) is 0 Å². The molecular weight excluding hydrogens is 791 g/mol. The van der Waals surface area contributed by atoms with Crippen molar-refractivity contribution < 1.29 is 37.1 Å². The number of hydrogen-bond donors (Lipinski definition) is 2. The van der Waals surface area contributed by atoms with Gasteiger partial charge >= 0.3 is 0 Å². The van der Waals surface area contributed by atoms with Crippen molar-refractivity contribution in [3.8, 4) is 22.8 Å². The molecule has 2 saturated heterocycles. The Labute approximate surface area is 349 Å². The van der Waals surface area contributed by atoms with Crippen molar-refractivity contribution >= 4 is 55.9 Å². The zero-order valence-electron chi connectivity index (χ0n) is 33.8. The van der Waals surface area contributed by atoms with E-state index in [-0.39, 0.29) is 41.8 Å². The first-order chi connectivity index (χ1) is 28.1. The first kappa shape index (κ1) is 41.9. The molecule has 15 heteroatoms. The topological polar surface area (TPSA) is 164 Å². The Kier molecular flexibility index (Phi) is 11.9. The minimum Gasteiger partial charge on any atom is -0.497 e. The fraction of sp³-hybridized carbons (Fsp3) is 0.432. The van der Waals surface area contributed by atoms with Crippen LogP contribution in [0.4, 0.5) is 0 Å². The molecule has 59 heavy (non-hydrogen) atoms. The van der Waals surface area contributed by atoms with Crippen molar-refractivity contribution in [2.45, 2.75) is 81.2 Å². The Balaban J connectivity index is 1.22. The number of fused-ring (bicyclic) bond motifs is 1.